The first kappa shape index (κ1) is 19.2. The summed E-state index contributed by atoms with van der Waals surface area (Å²) in [6, 6.07) is 9.52. The number of para-hydroxylation sites is 1. The Kier molecular flexibility index (Phi) is 5.44. The normalized spacial score (nSPS) is 11.8. The van der Waals surface area contributed by atoms with Crippen LogP contribution in [0.3, 0.4) is 0 Å². The standard InChI is InChI=1S/C19H15F2N3O4/c1-11(18(26)23-12-6-7-14(20)15(21)8-12)28-17(25)9-24-10-22-16-5-3-2-4-13(16)19(24)27/h2-8,10-11H,9H2,1H3,(H,23,26)/t11-/m1/s1. The molecule has 0 saturated heterocycles. The highest BCUT2D eigenvalue weighted by Gasteiger charge is 2.19. The number of anilines is 1. The van der Waals surface area contributed by atoms with E-state index < -0.39 is 41.7 Å². The molecule has 0 saturated carbocycles. The van der Waals surface area contributed by atoms with Crippen LogP contribution in [0.2, 0.25) is 0 Å². The molecule has 0 radical (unpaired) electrons. The fourth-order valence-electron chi connectivity index (χ4n) is 2.46. The van der Waals surface area contributed by atoms with E-state index in [9.17, 15) is 23.2 Å². The molecule has 0 bridgehead atoms. The van der Waals surface area contributed by atoms with Gasteiger partial charge in [0, 0.05) is 11.8 Å². The second-order valence-electron chi connectivity index (χ2n) is 5.94. The second-order valence-corrected chi connectivity index (χ2v) is 5.94. The summed E-state index contributed by atoms with van der Waals surface area (Å²) in [6.07, 6.45) is 0.00235. The van der Waals surface area contributed by atoms with Crippen LogP contribution < -0.4 is 10.9 Å². The van der Waals surface area contributed by atoms with Gasteiger partial charge in [0.1, 0.15) is 6.54 Å². The van der Waals surface area contributed by atoms with E-state index in [0.717, 1.165) is 16.7 Å². The number of ether oxygens (including phenoxy) is 1. The van der Waals surface area contributed by atoms with E-state index in [2.05, 4.69) is 10.3 Å². The number of nitrogens with one attached hydrogen (secondary N) is 1. The number of fused-ring (bicyclic) bond motifs is 1. The highest BCUT2D eigenvalue weighted by Crippen LogP contribution is 2.13. The Bertz CT molecular complexity index is 1110. The first-order valence-electron chi connectivity index (χ1n) is 8.24. The minimum absolute atomic E-state index is 0.0155. The summed E-state index contributed by atoms with van der Waals surface area (Å²) in [7, 11) is 0. The van der Waals surface area contributed by atoms with Gasteiger partial charge >= 0.3 is 5.97 Å². The van der Waals surface area contributed by atoms with Gasteiger partial charge in [-0.25, -0.2) is 13.8 Å². The summed E-state index contributed by atoms with van der Waals surface area (Å²) >= 11 is 0. The Morgan fingerprint density at radius 3 is 2.68 bits per heavy atom. The number of hydrogen-bond acceptors (Lipinski definition) is 5. The zero-order valence-corrected chi connectivity index (χ0v) is 14.7. The SMILES string of the molecule is C[C@@H](OC(=O)Cn1cnc2ccccc2c1=O)C(=O)Nc1ccc(F)c(F)c1. The Hall–Kier alpha value is -3.62. The maximum Gasteiger partial charge on any atom is 0.326 e. The molecule has 1 aromatic heterocycles. The number of esters is 1. The Labute approximate surface area is 157 Å². The molecule has 0 aliphatic heterocycles. The molecule has 0 unspecified atom stereocenters. The van der Waals surface area contributed by atoms with Gasteiger partial charge in [-0.3, -0.25) is 19.0 Å². The molecular formula is C19H15F2N3O4. The minimum atomic E-state index is -1.22. The molecule has 1 heterocycles. The van der Waals surface area contributed by atoms with Crippen LogP contribution in [-0.4, -0.2) is 27.5 Å². The van der Waals surface area contributed by atoms with Crippen molar-refractivity contribution in [1.82, 2.24) is 9.55 Å². The number of nitrogens with zero attached hydrogens (tertiary/aromatic N) is 2. The van der Waals surface area contributed by atoms with Gasteiger partial charge in [-0.2, -0.15) is 0 Å². The predicted octanol–water partition coefficient (Wildman–Crippen LogP) is 2.25. The third-order valence-corrected chi connectivity index (χ3v) is 3.90. The Morgan fingerprint density at radius 2 is 1.93 bits per heavy atom. The largest absolute Gasteiger partial charge is 0.451 e. The molecule has 0 aliphatic rings. The molecule has 1 atom stereocenters. The van der Waals surface area contributed by atoms with Crippen molar-refractivity contribution in [2.45, 2.75) is 19.6 Å². The van der Waals surface area contributed by atoms with Crippen LogP contribution >= 0.6 is 0 Å². The predicted molar refractivity (Wildman–Crippen MR) is 96.5 cm³/mol. The molecule has 0 spiro atoms. The number of carbonyl (C=O) groups is 2. The van der Waals surface area contributed by atoms with Gasteiger partial charge in [-0.1, -0.05) is 12.1 Å². The van der Waals surface area contributed by atoms with Crippen LogP contribution in [0.4, 0.5) is 14.5 Å². The molecule has 3 aromatic rings. The van der Waals surface area contributed by atoms with Crippen LogP contribution in [0.25, 0.3) is 10.9 Å². The fraction of sp³-hybridized carbons (Fsp3) is 0.158. The number of benzene rings is 2. The average molecular weight is 387 g/mol. The average Bonchev–Trinajstić information content (AvgIpc) is 2.67. The summed E-state index contributed by atoms with van der Waals surface area (Å²) in [5.41, 5.74) is 0.0968. The molecule has 1 N–H and O–H groups in total. The summed E-state index contributed by atoms with van der Waals surface area (Å²) in [6.45, 7) is 0.883. The van der Waals surface area contributed by atoms with E-state index >= 15 is 0 Å². The molecule has 3 rings (SSSR count). The first-order chi connectivity index (χ1) is 13.3. The van der Waals surface area contributed by atoms with Gasteiger partial charge in [0.25, 0.3) is 11.5 Å². The lowest BCUT2D eigenvalue weighted by Gasteiger charge is -2.14. The van der Waals surface area contributed by atoms with Crippen molar-refractivity contribution < 1.29 is 23.1 Å². The van der Waals surface area contributed by atoms with Crippen LogP contribution in [0.5, 0.6) is 0 Å². The Balaban J connectivity index is 1.64. The molecule has 0 aliphatic carbocycles. The van der Waals surface area contributed by atoms with Gasteiger partial charge in [0.05, 0.1) is 17.2 Å². The summed E-state index contributed by atoms with van der Waals surface area (Å²) in [5, 5.41) is 2.66. The quantitative estimate of drug-likeness (QED) is 0.678. The molecule has 0 fully saturated rings. The number of hydrogen-bond donors (Lipinski definition) is 1. The van der Waals surface area contributed by atoms with Crippen molar-refractivity contribution in [3.63, 3.8) is 0 Å². The highest BCUT2D eigenvalue weighted by atomic mass is 19.2. The summed E-state index contributed by atoms with van der Waals surface area (Å²) < 4.78 is 32.2. The van der Waals surface area contributed by atoms with Crippen molar-refractivity contribution in [1.29, 1.82) is 0 Å². The van der Waals surface area contributed by atoms with E-state index in [1.165, 1.54) is 19.3 Å². The van der Waals surface area contributed by atoms with Crippen LogP contribution in [0.1, 0.15) is 6.92 Å². The lowest BCUT2D eigenvalue weighted by atomic mass is 10.2. The molecule has 28 heavy (non-hydrogen) atoms. The third kappa shape index (κ3) is 4.20. The third-order valence-electron chi connectivity index (χ3n) is 3.90. The summed E-state index contributed by atoms with van der Waals surface area (Å²) in [4.78, 5) is 40.6. The lowest BCUT2D eigenvalue weighted by molar-refractivity contribution is -0.153. The highest BCUT2D eigenvalue weighted by molar-refractivity contribution is 5.95. The number of carbonyl (C=O) groups excluding carboxylic acids is 2. The van der Waals surface area contributed by atoms with Gasteiger partial charge in [0.15, 0.2) is 17.7 Å². The van der Waals surface area contributed by atoms with E-state index in [1.807, 2.05) is 0 Å². The first-order valence-corrected chi connectivity index (χ1v) is 8.24. The van der Waals surface area contributed by atoms with Crippen molar-refractivity contribution in [2.24, 2.45) is 0 Å². The van der Waals surface area contributed by atoms with Crippen molar-refractivity contribution >= 4 is 28.5 Å². The van der Waals surface area contributed by atoms with E-state index in [-0.39, 0.29) is 5.69 Å². The van der Waals surface area contributed by atoms with E-state index in [4.69, 9.17) is 4.74 Å². The van der Waals surface area contributed by atoms with E-state index in [1.54, 1.807) is 24.3 Å². The number of aromatic nitrogens is 2. The molecular weight excluding hydrogens is 372 g/mol. The second kappa shape index (κ2) is 7.95. The molecule has 1 amide bonds. The Morgan fingerprint density at radius 1 is 1.18 bits per heavy atom. The lowest BCUT2D eigenvalue weighted by Crippen LogP contribution is -2.33. The molecule has 144 valence electrons. The maximum absolute atomic E-state index is 13.2. The van der Waals surface area contributed by atoms with E-state index in [0.29, 0.717) is 10.9 Å². The van der Waals surface area contributed by atoms with Gasteiger partial charge < -0.3 is 10.1 Å². The van der Waals surface area contributed by atoms with Gasteiger partial charge in [-0.05, 0) is 31.2 Å². The van der Waals surface area contributed by atoms with Crippen LogP contribution in [-0.2, 0) is 20.9 Å². The fourth-order valence-corrected chi connectivity index (χ4v) is 2.46. The number of amides is 1. The monoisotopic (exact) mass is 387 g/mol. The van der Waals surface area contributed by atoms with Crippen molar-refractivity contribution in [2.75, 3.05) is 5.32 Å². The van der Waals surface area contributed by atoms with Crippen molar-refractivity contribution in [3.05, 3.63) is 70.8 Å². The van der Waals surface area contributed by atoms with Gasteiger partial charge in [-0.15, -0.1) is 0 Å². The minimum Gasteiger partial charge on any atom is -0.451 e. The maximum atomic E-state index is 13.2. The molecule has 7 nitrogen and oxygen atoms in total. The van der Waals surface area contributed by atoms with Crippen LogP contribution in [0, 0.1) is 11.6 Å². The topological polar surface area (TPSA) is 90.3 Å². The molecule has 2 aromatic carbocycles. The number of halogens is 2. The van der Waals surface area contributed by atoms with Crippen molar-refractivity contribution in [3.8, 4) is 0 Å². The van der Waals surface area contributed by atoms with Gasteiger partial charge in [0.2, 0.25) is 0 Å². The molecule has 9 heteroatoms. The van der Waals surface area contributed by atoms with Crippen LogP contribution in [0.15, 0.2) is 53.6 Å². The zero-order chi connectivity index (χ0) is 20.3. The summed E-state index contributed by atoms with van der Waals surface area (Å²) in [5.74, 6) is -3.73. The number of rotatable bonds is 5. The smallest absolute Gasteiger partial charge is 0.326 e. The zero-order valence-electron chi connectivity index (χ0n) is 14.7.